The molecule has 0 unspecified atom stereocenters. The van der Waals surface area contributed by atoms with E-state index in [1.165, 1.54) is 37.2 Å². The first-order valence-electron chi connectivity index (χ1n) is 9.14. The number of rotatable bonds is 8. The molecule has 0 bridgehead atoms. The van der Waals surface area contributed by atoms with Crippen LogP contribution in [0.3, 0.4) is 0 Å². The van der Waals surface area contributed by atoms with Gasteiger partial charge in [0.2, 0.25) is 10.0 Å². The van der Waals surface area contributed by atoms with Crippen molar-refractivity contribution >= 4 is 21.9 Å². The summed E-state index contributed by atoms with van der Waals surface area (Å²) in [7, 11) is 2.26. The number of carbonyl (C=O) groups excluding carboxylic acids is 2. The molecule has 0 aliphatic rings. The van der Waals surface area contributed by atoms with Gasteiger partial charge in [0.25, 0.3) is 5.91 Å². The molecule has 0 radical (unpaired) electrons. The van der Waals surface area contributed by atoms with Gasteiger partial charge in [-0.15, -0.1) is 0 Å². The highest BCUT2D eigenvalue weighted by Gasteiger charge is 2.22. The van der Waals surface area contributed by atoms with Crippen LogP contribution in [0.15, 0.2) is 47.4 Å². The van der Waals surface area contributed by atoms with Gasteiger partial charge in [-0.25, -0.2) is 17.5 Å². The van der Waals surface area contributed by atoms with E-state index < -0.39 is 28.5 Å². The lowest BCUT2D eigenvalue weighted by Gasteiger charge is -2.19. The van der Waals surface area contributed by atoms with Crippen molar-refractivity contribution in [3.63, 3.8) is 0 Å². The number of benzene rings is 2. The minimum atomic E-state index is -3.70. The molecule has 0 aromatic heterocycles. The second-order valence-electron chi connectivity index (χ2n) is 6.90. The summed E-state index contributed by atoms with van der Waals surface area (Å²) in [6.07, 6.45) is 0. The van der Waals surface area contributed by atoms with Gasteiger partial charge in [-0.1, -0.05) is 24.3 Å². The predicted molar refractivity (Wildman–Crippen MR) is 112 cm³/mol. The third-order valence-electron chi connectivity index (χ3n) is 4.56. The molecule has 9 heteroatoms. The summed E-state index contributed by atoms with van der Waals surface area (Å²) >= 11 is 0. The first-order chi connectivity index (χ1) is 14.1. The van der Waals surface area contributed by atoms with Crippen LogP contribution in [0, 0.1) is 6.92 Å². The monoisotopic (exact) mass is 434 g/mol. The van der Waals surface area contributed by atoms with E-state index in [4.69, 9.17) is 9.47 Å². The average molecular weight is 435 g/mol. The van der Waals surface area contributed by atoms with Crippen molar-refractivity contribution in [1.82, 2.24) is 9.21 Å². The lowest BCUT2D eigenvalue weighted by Crippen LogP contribution is -2.31. The molecule has 0 heterocycles. The number of amides is 1. The zero-order chi connectivity index (χ0) is 22.5. The maximum absolute atomic E-state index is 12.5. The third kappa shape index (κ3) is 5.37. The van der Waals surface area contributed by atoms with E-state index in [0.717, 1.165) is 9.87 Å². The summed E-state index contributed by atoms with van der Waals surface area (Å²) in [6, 6.07) is 11.5. The Bertz CT molecular complexity index is 1030. The number of para-hydroxylation sites is 1. The Kier molecular flexibility index (Phi) is 7.58. The van der Waals surface area contributed by atoms with E-state index in [1.54, 1.807) is 27.1 Å². The molecule has 0 saturated heterocycles. The third-order valence-corrected chi connectivity index (χ3v) is 6.37. The van der Waals surface area contributed by atoms with Gasteiger partial charge in [0, 0.05) is 33.3 Å². The van der Waals surface area contributed by atoms with Crippen LogP contribution in [0.25, 0.3) is 0 Å². The van der Waals surface area contributed by atoms with Gasteiger partial charge in [-0.05, 0) is 30.7 Å². The van der Waals surface area contributed by atoms with Crippen LogP contribution in [0.2, 0.25) is 0 Å². The van der Waals surface area contributed by atoms with E-state index in [0.29, 0.717) is 11.3 Å². The molecule has 2 aromatic rings. The zero-order valence-electron chi connectivity index (χ0n) is 17.7. The highest BCUT2D eigenvalue weighted by molar-refractivity contribution is 7.89. The Morgan fingerprint density at radius 3 is 2.33 bits per heavy atom. The van der Waals surface area contributed by atoms with Gasteiger partial charge in [0.05, 0.1) is 17.6 Å². The normalized spacial score (nSPS) is 11.3. The maximum atomic E-state index is 12.5. The largest absolute Gasteiger partial charge is 0.496 e. The molecule has 0 aliphatic heterocycles. The molecule has 2 rings (SSSR count). The van der Waals surface area contributed by atoms with Crippen LogP contribution in [0.1, 0.15) is 21.5 Å². The van der Waals surface area contributed by atoms with Crippen molar-refractivity contribution < 1.29 is 27.5 Å². The van der Waals surface area contributed by atoms with Gasteiger partial charge in [-0.3, -0.25) is 4.79 Å². The molecular weight excluding hydrogens is 408 g/mol. The maximum Gasteiger partial charge on any atom is 0.338 e. The average Bonchev–Trinajstić information content (AvgIpc) is 2.72. The topological polar surface area (TPSA) is 93.2 Å². The van der Waals surface area contributed by atoms with Crippen LogP contribution in [-0.2, 0) is 26.1 Å². The summed E-state index contributed by atoms with van der Waals surface area (Å²) in [5, 5.41) is 0. The molecule has 1 amide bonds. The van der Waals surface area contributed by atoms with Gasteiger partial charge in [-0.2, -0.15) is 0 Å². The van der Waals surface area contributed by atoms with Crippen molar-refractivity contribution in [2.24, 2.45) is 0 Å². The Labute approximate surface area is 177 Å². The smallest absolute Gasteiger partial charge is 0.338 e. The SMILES string of the molecule is COc1ccccc1CN(C)C(=O)COC(=O)c1cc(S(=O)(=O)N(C)C)ccc1C. The van der Waals surface area contributed by atoms with Crippen LogP contribution in [-0.4, -0.2) is 64.4 Å². The van der Waals surface area contributed by atoms with Crippen molar-refractivity contribution in [2.45, 2.75) is 18.4 Å². The number of sulfonamides is 1. The van der Waals surface area contributed by atoms with Gasteiger partial charge in [0.15, 0.2) is 6.61 Å². The quantitative estimate of drug-likeness (QED) is 0.591. The second kappa shape index (κ2) is 9.73. The highest BCUT2D eigenvalue weighted by Crippen LogP contribution is 2.20. The molecule has 0 N–H and O–H groups in total. The van der Waals surface area contributed by atoms with Crippen LogP contribution >= 0.6 is 0 Å². The fraction of sp³-hybridized carbons (Fsp3) is 0.333. The standard InChI is InChI=1S/C21H26N2O6S/c1-15-10-11-17(30(26,27)22(2)3)12-18(15)21(25)29-14-20(24)23(4)13-16-8-6-7-9-19(16)28-5/h6-12H,13-14H2,1-5H3. The Morgan fingerprint density at radius 1 is 1.03 bits per heavy atom. The van der Waals surface area contributed by atoms with Gasteiger partial charge >= 0.3 is 5.97 Å². The number of esters is 1. The number of hydrogen-bond acceptors (Lipinski definition) is 6. The number of hydrogen-bond donors (Lipinski definition) is 0. The summed E-state index contributed by atoms with van der Waals surface area (Å²) in [6.45, 7) is 1.49. The molecule has 8 nitrogen and oxygen atoms in total. The fourth-order valence-electron chi connectivity index (χ4n) is 2.68. The Hall–Kier alpha value is -2.91. The van der Waals surface area contributed by atoms with Gasteiger partial charge in [0.1, 0.15) is 5.75 Å². The van der Waals surface area contributed by atoms with Gasteiger partial charge < -0.3 is 14.4 Å². The molecule has 0 aliphatic carbocycles. The number of likely N-dealkylation sites (N-methyl/N-ethyl adjacent to an activating group) is 1. The lowest BCUT2D eigenvalue weighted by molar-refractivity contribution is -0.133. The van der Waals surface area contributed by atoms with Crippen molar-refractivity contribution in [1.29, 1.82) is 0 Å². The molecule has 162 valence electrons. The van der Waals surface area contributed by atoms with Crippen molar-refractivity contribution in [2.75, 3.05) is 34.9 Å². The highest BCUT2D eigenvalue weighted by atomic mass is 32.2. The van der Waals surface area contributed by atoms with Crippen molar-refractivity contribution in [3.05, 3.63) is 59.2 Å². The van der Waals surface area contributed by atoms with E-state index in [-0.39, 0.29) is 17.0 Å². The molecule has 30 heavy (non-hydrogen) atoms. The molecule has 0 atom stereocenters. The van der Waals surface area contributed by atoms with E-state index >= 15 is 0 Å². The minimum Gasteiger partial charge on any atom is -0.496 e. The lowest BCUT2D eigenvalue weighted by atomic mass is 10.1. The number of ether oxygens (including phenoxy) is 2. The number of methoxy groups -OCH3 is 1. The molecule has 2 aromatic carbocycles. The van der Waals surface area contributed by atoms with E-state index in [9.17, 15) is 18.0 Å². The zero-order valence-corrected chi connectivity index (χ0v) is 18.5. The number of carbonyl (C=O) groups is 2. The summed E-state index contributed by atoms with van der Waals surface area (Å²) in [4.78, 5) is 26.3. The van der Waals surface area contributed by atoms with Crippen molar-refractivity contribution in [3.8, 4) is 5.75 Å². The number of nitrogens with zero attached hydrogens (tertiary/aromatic N) is 2. The molecule has 0 saturated carbocycles. The minimum absolute atomic E-state index is 0.0235. The Balaban J connectivity index is 2.07. The molecular formula is C21H26N2O6S. The second-order valence-corrected chi connectivity index (χ2v) is 9.05. The Morgan fingerprint density at radius 2 is 1.70 bits per heavy atom. The fourth-order valence-corrected chi connectivity index (χ4v) is 3.61. The molecule has 0 spiro atoms. The van der Waals surface area contributed by atoms with Crippen LogP contribution < -0.4 is 4.74 Å². The summed E-state index contributed by atoms with van der Waals surface area (Å²) in [5.41, 5.74) is 1.46. The van der Waals surface area contributed by atoms with Crippen LogP contribution in [0.5, 0.6) is 5.75 Å². The van der Waals surface area contributed by atoms with E-state index in [1.807, 2.05) is 18.2 Å². The van der Waals surface area contributed by atoms with E-state index in [2.05, 4.69) is 0 Å². The van der Waals surface area contributed by atoms with Crippen LogP contribution in [0.4, 0.5) is 0 Å². The molecule has 0 fully saturated rings. The first kappa shape index (κ1) is 23.4. The summed E-state index contributed by atoms with van der Waals surface area (Å²) < 4.78 is 36.1. The number of aryl methyl sites for hydroxylation is 1. The first-order valence-corrected chi connectivity index (χ1v) is 10.6. The summed E-state index contributed by atoms with van der Waals surface area (Å²) in [5.74, 6) is -0.505. The predicted octanol–water partition coefficient (Wildman–Crippen LogP) is 2.07.